The van der Waals surface area contributed by atoms with Crippen LogP contribution in [0.4, 0.5) is 0 Å². The van der Waals surface area contributed by atoms with E-state index in [1.807, 2.05) is 0 Å². The maximum absolute atomic E-state index is 11.6. The lowest BCUT2D eigenvalue weighted by Gasteiger charge is -2.13. The van der Waals surface area contributed by atoms with Crippen molar-refractivity contribution in [1.82, 2.24) is 0 Å². The second-order valence-electron chi connectivity index (χ2n) is 6.12. The molecule has 0 aliphatic rings. The molecule has 2 aromatic rings. The zero-order chi connectivity index (χ0) is 21.9. The Morgan fingerprint density at radius 1 is 0.633 bits per heavy atom. The third kappa shape index (κ3) is 6.04. The number of methoxy groups -OCH3 is 4. The summed E-state index contributed by atoms with van der Waals surface area (Å²) < 4.78 is 31.4. The van der Waals surface area contributed by atoms with Crippen LogP contribution < -0.4 is 18.9 Å². The van der Waals surface area contributed by atoms with E-state index >= 15 is 0 Å². The van der Waals surface area contributed by atoms with Gasteiger partial charge in [0.15, 0.2) is 23.0 Å². The normalized spacial score (nSPS) is 10.1. The van der Waals surface area contributed by atoms with Gasteiger partial charge in [-0.05, 0) is 49.2 Å². The van der Waals surface area contributed by atoms with Gasteiger partial charge in [-0.2, -0.15) is 0 Å². The smallest absolute Gasteiger partial charge is 0.337 e. The fourth-order valence-electron chi connectivity index (χ4n) is 2.63. The lowest BCUT2D eigenvalue weighted by Crippen LogP contribution is -2.06. The topological polar surface area (TPSA) is 89.5 Å². The van der Waals surface area contributed by atoms with Crippen LogP contribution in [0.1, 0.15) is 33.6 Å². The SMILES string of the molecule is COC(=O)c1ccc(OCCCCOc2ccc(C(=O)OC)cc2OC)c(OC)c1. The van der Waals surface area contributed by atoms with Gasteiger partial charge in [0.2, 0.25) is 0 Å². The molecule has 0 aliphatic carbocycles. The highest BCUT2D eigenvalue weighted by molar-refractivity contribution is 5.90. The highest BCUT2D eigenvalue weighted by Crippen LogP contribution is 2.29. The summed E-state index contributed by atoms with van der Waals surface area (Å²) in [6.07, 6.45) is 1.48. The van der Waals surface area contributed by atoms with Gasteiger partial charge in [-0.15, -0.1) is 0 Å². The van der Waals surface area contributed by atoms with E-state index in [0.29, 0.717) is 47.3 Å². The van der Waals surface area contributed by atoms with Gasteiger partial charge >= 0.3 is 11.9 Å². The summed E-state index contributed by atoms with van der Waals surface area (Å²) in [6, 6.07) is 9.75. The first kappa shape index (κ1) is 22.9. The third-order valence-electron chi connectivity index (χ3n) is 4.22. The Bertz CT molecular complexity index is 791. The van der Waals surface area contributed by atoms with Crippen LogP contribution in [-0.2, 0) is 9.47 Å². The van der Waals surface area contributed by atoms with Crippen molar-refractivity contribution in [3.63, 3.8) is 0 Å². The Morgan fingerprint density at radius 3 is 1.37 bits per heavy atom. The van der Waals surface area contributed by atoms with Crippen molar-refractivity contribution in [3.05, 3.63) is 47.5 Å². The second-order valence-corrected chi connectivity index (χ2v) is 6.12. The molecule has 8 heteroatoms. The van der Waals surface area contributed by atoms with E-state index in [1.165, 1.54) is 28.4 Å². The molecule has 162 valence electrons. The number of hydrogen-bond donors (Lipinski definition) is 0. The van der Waals surface area contributed by atoms with Gasteiger partial charge in [0, 0.05) is 0 Å². The highest BCUT2D eigenvalue weighted by Gasteiger charge is 2.12. The fraction of sp³-hybridized carbons (Fsp3) is 0.364. The van der Waals surface area contributed by atoms with Crippen molar-refractivity contribution >= 4 is 11.9 Å². The average molecular weight is 418 g/mol. The first-order chi connectivity index (χ1) is 14.5. The van der Waals surface area contributed by atoms with Gasteiger partial charge in [0.1, 0.15) is 0 Å². The minimum Gasteiger partial charge on any atom is -0.493 e. The van der Waals surface area contributed by atoms with Crippen LogP contribution in [0.5, 0.6) is 23.0 Å². The maximum atomic E-state index is 11.6. The molecular formula is C22H26O8. The molecule has 2 rings (SSSR count). The number of rotatable bonds is 11. The summed E-state index contributed by atoms with van der Waals surface area (Å²) in [5.74, 6) is 1.14. The summed E-state index contributed by atoms with van der Waals surface area (Å²) >= 11 is 0. The maximum Gasteiger partial charge on any atom is 0.337 e. The molecule has 30 heavy (non-hydrogen) atoms. The van der Waals surface area contributed by atoms with Crippen molar-refractivity contribution < 1.29 is 38.0 Å². The van der Waals surface area contributed by atoms with Crippen LogP contribution in [-0.4, -0.2) is 53.6 Å². The Hall–Kier alpha value is -3.42. The van der Waals surface area contributed by atoms with Crippen molar-refractivity contribution in [1.29, 1.82) is 0 Å². The van der Waals surface area contributed by atoms with E-state index in [2.05, 4.69) is 0 Å². The monoisotopic (exact) mass is 418 g/mol. The Kier molecular flexibility index (Phi) is 8.80. The lowest BCUT2D eigenvalue weighted by atomic mass is 10.2. The molecule has 0 unspecified atom stereocenters. The molecule has 8 nitrogen and oxygen atoms in total. The van der Waals surface area contributed by atoms with E-state index in [0.717, 1.165) is 12.8 Å². The molecule has 0 saturated heterocycles. The Balaban J connectivity index is 1.81. The van der Waals surface area contributed by atoms with Crippen molar-refractivity contribution in [2.75, 3.05) is 41.7 Å². The van der Waals surface area contributed by atoms with E-state index < -0.39 is 11.9 Å². The Morgan fingerprint density at radius 2 is 1.03 bits per heavy atom. The number of hydrogen-bond acceptors (Lipinski definition) is 8. The molecule has 0 radical (unpaired) electrons. The van der Waals surface area contributed by atoms with Gasteiger partial charge in [0.05, 0.1) is 52.8 Å². The van der Waals surface area contributed by atoms with E-state index in [9.17, 15) is 9.59 Å². The molecule has 0 fully saturated rings. The molecule has 2 aromatic carbocycles. The molecule has 0 aromatic heterocycles. The Labute approximate surface area is 175 Å². The van der Waals surface area contributed by atoms with E-state index in [-0.39, 0.29) is 0 Å². The summed E-state index contributed by atoms with van der Waals surface area (Å²) in [6.45, 7) is 0.908. The molecule has 0 bridgehead atoms. The van der Waals surface area contributed by atoms with Gasteiger partial charge in [-0.25, -0.2) is 9.59 Å². The van der Waals surface area contributed by atoms with Crippen LogP contribution in [0, 0.1) is 0 Å². The van der Waals surface area contributed by atoms with E-state index in [4.69, 9.17) is 28.4 Å². The van der Waals surface area contributed by atoms with Gasteiger partial charge < -0.3 is 28.4 Å². The van der Waals surface area contributed by atoms with Crippen LogP contribution in [0.15, 0.2) is 36.4 Å². The first-order valence-electron chi connectivity index (χ1n) is 9.32. The predicted octanol–water partition coefficient (Wildman–Crippen LogP) is 3.52. The summed E-state index contributed by atoms with van der Waals surface area (Å²) in [4.78, 5) is 23.2. The molecule has 0 atom stereocenters. The molecule has 0 aliphatic heterocycles. The summed E-state index contributed by atoms with van der Waals surface area (Å²) in [7, 11) is 5.67. The number of ether oxygens (including phenoxy) is 6. The minimum atomic E-state index is -0.438. The van der Waals surface area contributed by atoms with Gasteiger partial charge in [0.25, 0.3) is 0 Å². The fourth-order valence-corrected chi connectivity index (χ4v) is 2.63. The van der Waals surface area contributed by atoms with Crippen molar-refractivity contribution in [2.24, 2.45) is 0 Å². The number of unbranched alkanes of at least 4 members (excludes halogenated alkanes) is 1. The molecular weight excluding hydrogens is 392 g/mol. The second kappa shape index (κ2) is 11.5. The van der Waals surface area contributed by atoms with Crippen LogP contribution >= 0.6 is 0 Å². The highest BCUT2D eigenvalue weighted by atomic mass is 16.5. The molecule has 0 heterocycles. The molecule has 0 N–H and O–H groups in total. The zero-order valence-electron chi connectivity index (χ0n) is 17.6. The summed E-state index contributed by atoms with van der Waals surface area (Å²) in [5, 5.41) is 0. The predicted molar refractivity (Wildman–Crippen MR) is 109 cm³/mol. The largest absolute Gasteiger partial charge is 0.493 e. The number of carbonyl (C=O) groups is 2. The van der Waals surface area contributed by atoms with Gasteiger partial charge in [-0.3, -0.25) is 0 Å². The average Bonchev–Trinajstić information content (AvgIpc) is 2.80. The lowest BCUT2D eigenvalue weighted by molar-refractivity contribution is 0.0591. The standard InChI is InChI=1S/C22H26O8/c1-25-19-13-15(21(23)27-3)7-9-17(19)29-11-5-6-12-30-18-10-8-16(22(24)28-4)14-20(18)26-2/h7-10,13-14H,5-6,11-12H2,1-4H3. The van der Waals surface area contributed by atoms with Crippen molar-refractivity contribution in [2.45, 2.75) is 12.8 Å². The summed E-state index contributed by atoms with van der Waals surface area (Å²) in [5.41, 5.74) is 0.782. The van der Waals surface area contributed by atoms with Crippen molar-refractivity contribution in [3.8, 4) is 23.0 Å². The van der Waals surface area contributed by atoms with Gasteiger partial charge in [-0.1, -0.05) is 0 Å². The zero-order valence-corrected chi connectivity index (χ0v) is 17.6. The molecule has 0 amide bonds. The third-order valence-corrected chi connectivity index (χ3v) is 4.22. The minimum absolute atomic E-state index is 0.391. The molecule has 0 saturated carbocycles. The van der Waals surface area contributed by atoms with E-state index in [1.54, 1.807) is 36.4 Å². The number of carbonyl (C=O) groups excluding carboxylic acids is 2. The number of esters is 2. The number of benzene rings is 2. The van der Waals surface area contributed by atoms with Crippen LogP contribution in [0.2, 0.25) is 0 Å². The molecule has 0 spiro atoms. The first-order valence-corrected chi connectivity index (χ1v) is 9.32. The van der Waals surface area contributed by atoms with Crippen LogP contribution in [0.25, 0.3) is 0 Å². The van der Waals surface area contributed by atoms with Crippen LogP contribution in [0.3, 0.4) is 0 Å². The quantitative estimate of drug-likeness (QED) is 0.405.